The number of carbonyl (C=O) groups is 1. The number of aryl methyl sites for hydroxylation is 2. The van der Waals surface area contributed by atoms with Crippen molar-refractivity contribution in [2.24, 2.45) is 5.10 Å². The number of amides is 1. The van der Waals surface area contributed by atoms with Crippen LogP contribution >= 0.6 is 11.3 Å². The van der Waals surface area contributed by atoms with Gasteiger partial charge >= 0.3 is 0 Å². The van der Waals surface area contributed by atoms with E-state index in [-0.39, 0.29) is 15.5 Å². The Morgan fingerprint density at radius 2 is 1.74 bits per heavy atom. The van der Waals surface area contributed by atoms with Gasteiger partial charge in [0.15, 0.2) is 0 Å². The molecule has 0 aliphatic rings. The standard InChI is InChI=1S/C25H24N4O3S2/c1-17-10-12-21(13-11-17)29-18(2)15-20(19(29)3)16-26-27-25(30)22-7-4-5-8-23(22)28-34(31,32)24-9-6-14-33-24/h4-16,28H,1-3H3,(H,27,30). The highest BCUT2D eigenvalue weighted by molar-refractivity contribution is 7.94. The molecule has 0 aliphatic heterocycles. The molecule has 4 aromatic rings. The molecule has 0 saturated heterocycles. The Hall–Kier alpha value is -3.69. The molecule has 0 unspecified atom stereocenters. The average molecular weight is 493 g/mol. The van der Waals surface area contributed by atoms with Crippen molar-refractivity contribution in [2.75, 3.05) is 4.72 Å². The number of thiophene rings is 1. The van der Waals surface area contributed by atoms with Gasteiger partial charge in [0, 0.05) is 22.6 Å². The highest BCUT2D eigenvalue weighted by Gasteiger charge is 2.19. The van der Waals surface area contributed by atoms with Crippen molar-refractivity contribution >= 4 is 39.2 Å². The number of nitrogens with one attached hydrogen (secondary N) is 2. The third kappa shape index (κ3) is 4.95. The monoisotopic (exact) mass is 492 g/mol. The number of nitrogens with zero attached hydrogens (tertiary/aromatic N) is 2. The van der Waals surface area contributed by atoms with E-state index in [1.165, 1.54) is 11.6 Å². The molecule has 4 rings (SSSR count). The third-order valence-electron chi connectivity index (χ3n) is 5.31. The van der Waals surface area contributed by atoms with Gasteiger partial charge in [-0.3, -0.25) is 9.52 Å². The number of hydrogen-bond acceptors (Lipinski definition) is 5. The van der Waals surface area contributed by atoms with Crippen molar-refractivity contribution in [2.45, 2.75) is 25.0 Å². The average Bonchev–Trinajstić information content (AvgIpc) is 3.44. The van der Waals surface area contributed by atoms with Crippen LogP contribution < -0.4 is 10.1 Å². The zero-order valence-electron chi connectivity index (χ0n) is 18.9. The maximum Gasteiger partial charge on any atom is 0.273 e. The second-order valence-electron chi connectivity index (χ2n) is 7.78. The lowest BCUT2D eigenvalue weighted by molar-refractivity contribution is 0.0956. The largest absolute Gasteiger partial charge is 0.318 e. The van der Waals surface area contributed by atoms with Gasteiger partial charge in [0.05, 0.1) is 17.5 Å². The molecule has 34 heavy (non-hydrogen) atoms. The van der Waals surface area contributed by atoms with Gasteiger partial charge in [-0.1, -0.05) is 35.9 Å². The molecule has 2 aromatic carbocycles. The first-order valence-electron chi connectivity index (χ1n) is 10.5. The summed E-state index contributed by atoms with van der Waals surface area (Å²) in [6.07, 6.45) is 1.59. The van der Waals surface area contributed by atoms with Crippen molar-refractivity contribution in [1.29, 1.82) is 0 Å². The zero-order valence-corrected chi connectivity index (χ0v) is 20.6. The molecule has 0 atom stereocenters. The predicted octanol–water partition coefficient (Wildman–Crippen LogP) is 5.03. The van der Waals surface area contributed by atoms with Gasteiger partial charge in [0.1, 0.15) is 4.21 Å². The first-order chi connectivity index (χ1) is 16.3. The summed E-state index contributed by atoms with van der Waals surface area (Å²) in [5.74, 6) is -0.520. The minimum Gasteiger partial charge on any atom is -0.318 e. The number of carbonyl (C=O) groups excluding carboxylic acids is 1. The Kier molecular flexibility index (Phi) is 6.67. The first-order valence-corrected chi connectivity index (χ1v) is 12.9. The Morgan fingerprint density at radius 1 is 1.00 bits per heavy atom. The molecule has 0 radical (unpaired) electrons. The quantitative estimate of drug-likeness (QED) is 0.280. The van der Waals surface area contributed by atoms with Gasteiger partial charge in [0.25, 0.3) is 15.9 Å². The molecule has 0 saturated carbocycles. The molecule has 0 fully saturated rings. The minimum absolute atomic E-state index is 0.171. The number of anilines is 1. The van der Waals surface area contributed by atoms with Crippen LogP contribution in [0.15, 0.2) is 81.4 Å². The van der Waals surface area contributed by atoms with E-state index < -0.39 is 15.9 Å². The summed E-state index contributed by atoms with van der Waals surface area (Å²) < 4.78 is 29.9. The van der Waals surface area contributed by atoms with Gasteiger partial charge < -0.3 is 4.57 Å². The second kappa shape index (κ2) is 9.66. The molecular formula is C25H24N4O3S2. The van der Waals surface area contributed by atoms with Crippen molar-refractivity contribution in [3.63, 3.8) is 0 Å². The van der Waals surface area contributed by atoms with Crippen LogP contribution in [-0.2, 0) is 10.0 Å². The van der Waals surface area contributed by atoms with Crippen molar-refractivity contribution in [1.82, 2.24) is 9.99 Å². The van der Waals surface area contributed by atoms with Crippen molar-refractivity contribution < 1.29 is 13.2 Å². The lowest BCUT2D eigenvalue weighted by atomic mass is 10.2. The Labute approximate surface area is 202 Å². The molecule has 2 N–H and O–H groups in total. The number of benzene rings is 2. The molecule has 2 heterocycles. The van der Waals surface area contributed by atoms with E-state index in [1.807, 2.05) is 26.8 Å². The van der Waals surface area contributed by atoms with Gasteiger partial charge in [-0.15, -0.1) is 11.3 Å². The maximum atomic E-state index is 12.8. The summed E-state index contributed by atoms with van der Waals surface area (Å²) in [4.78, 5) is 12.8. The predicted molar refractivity (Wildman–Crippen MR) is 137 cm³/mol. The highest BCUT2D eigenvalue weighted by atomic mass is 32.2. The molecule has 1 amide bonds. The fraction of sp³-hybridized carbons (Fsp3) is 0.120. The molecule has 7 nitrogen and oxygen atoms in total. The summed E-state index contributed by atoms with van der Waals surface area (Å²) in [6.45, 7) is 6.05. The lowest BCUT2D eigenvalue weighted by Gasteiger charge is -2.10. The van der Waals surface area contributed by atoms with E-state index in [4.69, 9.17) is 0 Å². The Morgan fingerprint density at radius 3 is 2.44 bits per heavy atom. The molecule has 0 bridgehead atoms. The maximum absolute atomic E-state index is 12.8. The molecule has 0 spiro atoms. The van der Waals surface area contributed by atoms with E-state index in [1.54, 1.807) is 41.9 Å². The van der Waals surface area contributed by atoms with Gasteiger partial charge in [-0.05, 0) is 62.5 Å². The van der Waals surface area contributed by atoms with E-state index >= 15 is 0 Å². The van der Waals surface area contributed by atoms with Crippen LogP contribution in [0.3, 0.4) is 0 Å². The number of aromatic nitrogens is 1. The normalized spacial score (nSPS) is 11.6. The van der Waals surface area contributed by atoms with Crippen LogP contribution in [0.1, 0.15) is 32.9 Å². The van der Waals surface area contributed by atoms with Crippen LogP contribution in [0.2, 0.25) is 0 Å². The second-order valence-corrected chi connectivity index (χ2v) is 10.6. The number of hydrogen-bond donors (Lipinski definition) is 2. The fourth-order valence-corrected chi connectivity index (χ4v) is 5.68. The first kappa shape index (κ1) is 23.5. The molecular weight excluding hydrogens is 468 g/mol. The smallest absolute Gasteiger partial charge is 0.273 e. The Bertz CT molecular complexity index is 1450. The summed E-state index contributed by atoms with van der Waals surface area (Å²) >= 11 is 1.10. The SMILES string of the molecule is Cc1ccc(-n2c(C)cc(C=NNC(=O)c3ccccc3NS(=O)(=O)c3cccs3)c2C)cc1. The molecule has 2 aromatic heterocycles. The topological polar surface area (TPSA) is 92.6 Å². The van der Waals surface area contributed by atoms with Gasteiger partial charge in [-0.25, -0.2) is 13.8 Å². The van der Waals surface area contributed by atoms with Gasteiger partial charge in [0.2, 0.25) is 0 Å². The molecule has 174 valence electrons. The van der Waals surface area contributed by atoms with E-state index in [0.29, 0.717) is 0 Å². The number of rotatable bonds is 7. The summed E-state index contributed by atoms with van der Waals surface area (Å²) in [7, 11) is -3.78. The zero-order chi connectivity index (χ0) is 24.3. The number of hydrazone groups is 1. The van der Waals surface area contributed by atoms with E-state index in [0.717, 1.165) is 34.0 Å². The Balaban J connectivity index is 1.51. The van der Waals surface area contributed by atoms with E-state index in [9.17, 15) is 13.2 Å². The molecule has 9 heteroatoms. The van der Waals surface area contributed by atoms with E-state index in [2.05, 4.69) is 44.1 Å². The van der Waals surface area contributed by atoms with Crippen LogP contribution in [0.4, 0.5) is 5.69 Å². The summed E-state index contributed by atoms with van der Waals surface area (Å²) in [6, 6.07) is 19.8. The van der Waals surface area contributed by atoms with Gasteiger partial charge in [-0.2, -0.15) is 5.10 Å². The third-order valence-corrected chi connectivity index (χ3v) is 8.07. The van der Waals surface area contributed by atoms with Crippen LogP contribution in [-0.4, -0.2) is 25.1 Å². The van der Waals surface area contributed by atoms with Crippen molar-refractivity contribution in [3.8, 4) is 5.69 Å². The number of sulfonamides is 1. The number of para-hydroxylation sites is 1. The molecule has 0 aliphatic carbocycles. The minimum atomic E-state index is -3.78. The van der Waals surface area contributed by atoms with Crippen LogP contribution in [0, 0.1) is 20.8 Å². The summed E-state index contributed by atoms with van der Waals surface area (Å²) in [5, 5.41) is 5.79. The fourth-order valence-electron chi connectivity index (χ4n) is 3.61. The van der Waals surface area contributed by atoms with Crippen LogP contribution in [0.5, 0.6) is 0 Å². The lowest BCUT2D eigenvalue weighted by Crippen LogP contribution is -2.21. The van der Waals surface area contributed by atoms with Crippen molar-refractivity contribution in [3.05, 3.63) is 100 Å². The highest BCUT2D eigenvalue weighted by Crippen LogP contribution is 2.23. The summed E-state index contributed by atoms with van der Waals surface area (Å²) in [5.41, 5.74) is 7.99. The van der Waals surface area contributed by atoms with Crippen LogP contribution in [0.25, 0.3) is 5.69 Å².